The molecule has 0 atom stereocenters. The predicted molar refractivity (Wildman–Crippen MR) is 106 cm³/mol. The molecule has 2 aromatic carbocycles. The Bertz CT molecular complexity index is 942. The van der Waals surface area contributed by atoms with Gasteiger partial charge in [0.15, 0.2) is 0 Å². The molecule has 0 saturated heterocycles. The monoisotopic (exact) mass is 435 g/mol. The van der Waals surface area contributed by atoms with E-state index in [9.17, 15) is 4.79 Å². The van der Waals surface area contributed by atoms with Gasteiger partial charge >= 0.3 is 163 Å². The number of imidazole rings is 1. The number of fused-ring (bicyclic) bond motifs is 1. The van der Waals surface area contributed by atoms with Gasteiger partial charge < -0.3 is 0 Å². The summed E-state index contributed by atoms with van der Waals surface area (Å²) in [5.74, 6) is 1.87. The number of aromatic amines is 1. The van der Waals surface area contributed by atoms with Crippen molar-refractivity contribution in [2.24, 2.45) is 0 Å². The summed E-state index contributed by atoms with van der Waals surface area (Å²) in [7, 11) is 2.96. The first-order valence-corrected chi connectivity index (χ1v) is 10.2. The van der Waals surface area contributed by atoms with Crippen molar-refractivity contribution >= 4 is 47.0 Å². The minimum absolute atomic E-state index is 0.0891. The van der Waals surface area contributed by atoms with Gasteiger partial charge in [-0.05, 0) is 0 Å². The van der Waals surface area contributed by atoms with Crippen LogP contribution in [0.3, 0.4) is 0 Å². The van der Waals surface area contributed by atoms with Crippen LogP contribution in [0.5, 0.6) is 11.5 Å². The number of nitrogens with one attached hydrogen (secondary N) is 2. The molecule has 27 heavy (non-hydrogen) atoms. The first kappa shape index (κ1) is 19.1. The number of aromatic nitrogens is 2. The molecule has 1 amide bonds. The van der Waals surface area contributed by atoms with Crippen molar-refractivity contribution in [1.29, 1.82) is 0 Å². The van der Waals surface area contributed by atoms with Crippen molar-refractivity contribution in [3.63, 3.8) is 0 Å². The molecule has 3 rings (SSSR count). The van der Waals surface area contributed by atoms with Gasteiger partial charge in [-0.25, -0.2) is 0 Å². The van der Waals surface area contributed by atoms with E-state index in [2.05, 4.69) is 33.0 Å². The third-order valence-electron chi connectivity index (χ3n) is 3.69. The van der Waals surface area contributed by atoms with Gasteiger partial charge in [-0.3, -0.25) is 0 Å². The third-order valence-corrected chi connectivity index (χ3v) is 5.75. The Labute approximate surface area is 163 Å². The van der Waals surface area contributed by atoms with E-state index < -0.39 is 6.09 Å². The second-order valence-corrected chi connectivity index (χ2v) is 8.05. The number of anilines is 1. The van der Waals surface area contributed by atoms with Crippen LogP contribution in [-0.2, 0) is 4.74 Å². The van der Waals surface area contributed by atoms with E-state index in [0.29, 0.717) is 12.6 Å². The molecular weight excluding hydrogens is 413 g/mol. The summed E-state index contributed by atoms with van der Waals surface area (Å²) in [4.78, 5) is 18.7. The second-order valence-electron chi connectivity index (χ2n) is 5.64. The fraction of sp³-hybridized carbons (Fsp3) is 0.263. The Morgan fingerprint density at radius 2 is 1.93 bits per heavy atom. The summed E-state index contributed by atoms with van der Waals surface area (Å²) in [5, 5.41) is 2.54. The van der Waals surface area contributed by atoms with E-state index in [1.807, 2.05) is 30.3 Å². The van der Waals surface area contributed by atoms with Gasteiger partial charge in [-0.15, -0.1) is 0 Å². The molecule has 2 N–H and O–H groups in total. The van der Waals surface area contributed by atoms with E-state index in [0.717, 1.165) is 29.0 Å². The maximum absolute atomic E-state index is 11.3. The maximum atomic E-state index is 11.3. The molecule has 0 bridgehead atoms. The van der Waals surface area contributed by atoms with Crippen molar-refractivity contribution in [2.45, 2.75) is 13.3 Å². The van der Waals surface area contributed by atoms with E-state index >= 15 is 0 Å². The number of hydrogen-bond acceptors (Lipinski definition) is 5. The fourth-order valence-corrected chi connectivity index (χ4v) is 4.30. The average molecular weight is 434 g/mol. The first-order chi connectivity index (χ1) is 13.1. The molecule has 0 aliphatic heterocycles. The van der Waals surface area contributed by atoms with Gasteiger partial charge in [-0.1, -0.05) is 0 Å². The van der Waals surface area contributed by atoms with E-state index in [1.54, 1.807) is 7.11 Å². The normalized spacial score (nSPS) is 10.6. The number of carbonyl (C=O) groups excluding carboxylic acids is 1. The number of benzene rings is 2. The zero-order valence-electron chi connectivity index (χ0n) is 15.4. The number of carbonyl (C=O) groups is 1. The van der Waals surface area contributed by atoms with Crippen molar-refractivity contribution in [3.05, 3.63) is 36.4 Å². The van der Waals surface area contributed by atoms with Crippen LogP contribution in [-0.4, -0.2) is 51.8 Å². The van der Waals surface area contributed by atoms with Gasteiger partial charge in [0.25, 0.3) is 0 Å². The quantitative estimate of drug-likeness (QED) is 0.557. The average Bonchev–Trinajstić information content (AvgIpc) is 3.07. The molecule has 7 nitrogen and oxygen atoms in total. The minimum atomic E-state index is -0.559. The van der Waals surface area contributed by atoms with Crippen LogP contribution in [0.1, 0.15) is 13.3 Å². The Balaban J connectivity index is 1.80. The molecule has 142 valence electrons. The van der Waals surface area contributed by atoms with Gasteiger partial charge in [0.05, 0.1) is 0 Å². The molecule has 1 heterocycles. The summed E-state index contributed by atoms with van der Waals surface area (Å²) >= 11 is 0.0891. The number of amides is 1. The number of H-pyrrole nitrogens is 1. The van der Waals surface area contributed by atoms with E-state index in [-0.39, 0.29) is 15.0 Å². The molecule has 0 spiro atoms. The van der Waals surface area contributed by atoms with Gasteiger partial charge in [-0.2, -0.15) is 0 Å². The predicted octanol–water partition coefficient (Wildman–Crippen LogP) is 2.19. The zero-order valence-corrected chi connectivity index (χ0v) is 17.1. The molecule has 0 unspecified atom stereocenters. The van der Waals surface area contributed by atoms with Crippen LogP contribution in [0.4, 0.5) is 10.7 Å². The molecule has 0 saturated carbocycles. The SMILES string of the molecule is CCCOc1cc([Se]c2ccc3nc(NC(=O)OC)[nH]c3c2)ccc1OC. The molecule has 1 aromatic heterocycles. The number of rotatable bonds is 7. The Kier molecular flexibility index (Phi) is 6.21. The van der Waals surface area contributed by atoms with Crippen LogP contribution < -0.4 is 23.7 Å². The number of hydrogen-bond donors (Lipinski definition) is 2. The number of methoxy groups -OCH3 is 2. The van der Waals surface area contributed by atoms with Crippen LogP contribution in [0, 0.1) is 0 Å². The zero-order chi connectivity index (χ0) is 19.2. The summed E-state index contributed by atoms with van der Waals surface area (Å²) in [6, 6.07) is 12.1. The van der Waals surface area contributed by atoms with Crippen molar-refractivity contribution in [2.75, 3.05) is 26.1 Å². The molecular formula is C19H21N3O4Se. The summed E-state index contributed by atoms with van der Waals surface area (Å²) < 4.78 is 18.1. The number of nitrogens with zero attached hydrogens (tertiary/aromatic N) is 1. The van der Waals surface area contributed by atoms with Crippen LogP contribution in [0.15, 0.2) is 36.4 Å². The summed E-state index contributed by atoms with van der Waals surface area (Å²) in [6.45, 7) is 2.73. The second kappa shape index (κ2) is 8.79. The standard InChI is InChI=1S/C19H21N3O4Se/c1-4-9-26-17-11-13(6-8-16(17)24-2)27-12-5-7-14-15(10-12)21-18(20-14)22-19(23)25-3/h5-8,10-11H,4,9H2,1-3H3,(H2,20,21,22,23). The third kappa shape index (κ3) is 4.72. The molecule has 0 radical (unpaired) electrons. The molecule has 0 fully saturated rings. The summed E-state index contributed by atoms with van der Waals surface area (Å²) in [6.07, 6.45) is 0.382. The molecule has 0 aliphatic carbocycles. The topological polar surface area (TPSA) is 85.5 Å². The van der Waals surface area contributed by atoms with Crippen LogP contribution in [0.2, 0.25) is 0 Å². The van der Waals surface area contributed by atoms with Gasteiger partial charge in [0, 0.05) is 0 Å². The first-order valence-electron chi connectivity index (χ1n) is 8.46. The fourth-order valence-electron chi connectivity index (χ4n) is 2.44. The van der Waals surface area contributed by atoms with Crippen molar-refractivity contribution in [3.8, 4) is 11.5 Å². The van der Waals surface area contributed by atoms with E-state index in [4.69, 9.17) is 9.47 Å². The van der Waals surface area contributed by atoms with Gasteiger partial charge in [0.2, 0.25) is 0 Å². The Hall–Kier alpha value is -2.70. The Morgan fingerprint density at radius 1 is 1.15 bits per heavy atom. The Morgan fingerprint density at radius 3 is 2.67 bits per heavy atom. The van der Waals surface area contributed by atoms with E-state index in [1.165, 1.54) is 16.0 Å². The molecule has 3 aromatic rings. The summed E-state index contributed by atoms with van der Waals surface area (Å²) in [5.41, 5.74) is 1.64. The molecule has 8 heteroatoms. The number of ether oxygens (including phenoxy) is 3. The van der Waals surface area contributed by atoms with Gasteiger partial charge in [0.1, 0.15) is 0 Å². The van der Waals surface area contributed by atoms with Crippen LogP contribution in [0.25, 0.3) is 11.0 Å². The molecule has 0 aliphatic rings. The van der Waals surface area contributed by atoms with Crippen LogP contribution >= 0.6 is 0 Å². The van der Waals surface area contributed by atoms with Crippen molar-refractivity contribution in [1.82, 2.24) is 9.97 Å². The van der Waals surface area contributed by atoms with Crippen molar-refractivity contribution < 1.29 is 19.0 Å².